The van der Waals surface area contributed by atoms with Crippen molar-refractivity contribution in [2.24, 2.45) is 17.3 Å². The molecule has 2 atom stereocenters. The second-order valence-corrected chi connectivity index (χ2v) is 7.60. The number of nitrogens with one attached hydrogen (secondary N) is 2. The van der Waals surface area contributed by atoms with Gasteiger partial charge in [0, 0.05) is 18.5 Å². The van der Waals surface area contributed by atoms with Crippen LogP contribution in [-0.4, -0.2) is 25.0 Å². The van der Waals surface area contributed by atoms with E-state index in [0.717, 1.165) is 31.8 Å². The largest absolute Gasteiger partial charge is 0.355 e. The molecule has 2 fully saturated rings. The normalized spacial score (nSPS) is 29.6. The molecule has 0 bridgehead atoms. The number of piperidine rings is 1. The van der Waals surface area contributed by atoms with Gasteiger partial charge in [0.15, 0.2) is 0 Å². The average molecular weight is 280 g/mol. The minimum absolute atomic E-state index is 0.226. The Morgan fingerprint density at radius 3 is 2.65 bits per heavy atom. The second kappa shape index (κ2) is 6.93. The molecule has 3 heteroatoms. The van der Waals surface area contributed by atoms with Crippen LogP contribution in [0.15, 0.2) is 0 Å². The predicted molar refractivity (Wildman–Crippen MR) is 83.6 cm³/mol. The first kappa shape index (κ1) is 15.8. The lowest BCUT2D eigenvalue weighted by Crippen LogP contribution is -2.45. The molecule has 1 aliphatic heterocycles. The number of amides is 1. The van der Waals surface area contributed by atoms with Crippen molar-refractivity contribution >= 4 is 5.91 Å². The molecule has 2 N–H and O–H groups in total. The third-order valence-electron chi connectivity index (χ3n) is 5.14. The van der Waals surface area contributed by atoms with E-state index in [-0.39, 0.29) is 5.92 Å². The van der Waals surface area contributed by atoms with Gasteiger partial charge in [-0.2, -0.15) is 0 Å². The molecule has 1 saturated heterocycles. The minimum Gasteiger partial charge on any atom is -0.355 e. The summed E-state index contributed by atoms with van der Waals surface area (Å²) in [4.78, 5) is 12.4. The van der Waals surface area contributed by atoms with Crippen LogP contribution in [0.1, 0.15) is 65.7 Å². The van der Waals surface area contributed by atoms with E-state index in [0.29, 0.717) is 17.4 Å². The molecule has 3 nitrogen and oxygen atoms in total. The van der Waals surface area contributed by atoms with Crippen molar-refractivity contribution in [2.45, 2.75) is 71.8 Å². The number of hydrogen-bond acceptors (Lipinski definition) is 2. The monoisotopic (exact) mass is 280 g/mol. The van der Waals surface area contributed by atoms with E-state index in [9.17, 15) is 4.79 Å². The lowest BCUT2D eigenvalue weighted by atomic mass is 9.78. The topological polar surface area (TPSA) is 41.1 Å². The molecule has 0 spiro atoms. The van der Waals surface area contributed by atoms with Crippen molar-refractivity contribution in [3.05, 3.63) is 0 Å². The third-order valence-corrected chi connectivity index (χ3v) is 5.14. The molecule has 1 heterocycles. The van der Waals surface area contributed by atoms with Crippen LogP contribution in [0.4, 0.5) is 0 Å². The zero-order valence-electron chi connectivity index (χ0n) is 13.5. The summed E-state index contributed by atoms with van der Waals surface area (Å²) < 4.78 is 0. The van der Waals surface area contributed by atoms with E-state index < -0.39 is 0 Å². The SMILES string of the molecule is CC(C)CC1(CNC(=O)[C@H]2CCN[C@@H](C)C2)CCCC1. The highest BCUT2D eigenvalue weighted by Gasteiger charge is 2.35. The van der Waals surface area contributed by atoms with E-state index in [2.05, 4.69) is 31.4 Å². The van der Waals surface area contributed by atoms with Crippen LogP contribution in [0.2, 0.25) is 0 Å². The highest BCUT2D eigenvalue weighted by Crippen LogP contribution is 2.42. The molecule has 2 rings (SSSR count). The molecule has 0 aromatic rings. The first-order valence-corrected chi connectivity index (χ1v) is 8.52. The van der Waals surface area contributed by atoms with Gasteiger partial charge in [0.25, 0.3) is 0 Å². The van der Waals surface area contributed by atoms with E-state index in [1.807, 2.05) is 0 Å². The standard InChI is InChI=1S/C17H32N2O/c1-13(2)11-17(7-4-5-8-17)12-19-16(20)15-6-9-18-14(3)10-15/h13-15,18H,4-12H2,1-3H3,(H,19,20)/t14-,15-/m0/s1. The zero-order valence-corrected chi connectivity index (χ0v) is 13.5. The Bertz CT molecular complexity index is 321. The maximum atomic E-state index is 12.4. The predicted octanol–water partition coefficient (Wildman–Crippen LogP) is 3.10. The highest BCUT2D eigenvalue weighted by molar-refractivity contribution is 5.78. The maximum Gasteiger partial charge on any atom is 0.223 e. The van der Waals surface area contributed by atoms with Crippen molar-refractivity contribution in [1.29, 1.82) is 0 Å². The lowest BCUT2D eigenvalue weighted by Gasteiger charge is -2.33. The molecule has 0 radical (unpaired) electrons. The van der Waals surface area contributed by atoms with Gasteiger partial charge >= 0.3 is 0 Å². The molecule has 2 aliphatic rings. The van der Waals surface area contributed by atoms with Gasteiger partial charge in [0.1, 0.15) is 0 Å². The zero-order chi connectivity index (χ0) is 14.6. The van der Waals surface area contributed by atoms with E-state index in [1.165, 1.54) is 32.1 Å². The maximum absolute atomic E-state index is 12.4. The molecule has 1 aliphatic carbocycles. The van der Waals surface area contributed by atoms with Gasteiger partial charge in [-0.25, -0.2) is 0 Å². The average Bonchev–Trinajstić information content (AvgIpc) is 2.84. The van der Waals surface area contributed by atoms with Crippen molar-refractivity contribution in [2.75, 3.05) is 13.1 Å². The first-order valence-electron chi connectivity index (χ1n) is 8.52. The van der Waals surface area contributed by atoms with Crippen molar-refractivity contribution < 1.29 is 4.79 Å². The summed E-state index contributed by atoms with van der Waals surface area (Å²) in [6.45, 7) is 8.67. The fourth-order valence-electron chi connectivity index (χ4n) is 4.23. The molecular weight excluding hydrogens is 248 g/mol. The Kier molecular flexibility index (Phi) is 5.48. The fraction of sp³-hybridized carbons (Fsp3) is 0.941. The summed E-state index contributed by atoms with van der Waals surface area (Å²) in [5.41, 5.74) is 0.391. The number of carbonyl (C=O) groups is 1. The number of hydrogen-bond donors (Lipinski definition) is 2. The van der Waals surface area contributed by atoms with Crippen molar-refractivity contribution in [3.8, 4) is 0 Å². The second-order valence-electron chi connectivity index (χ2n) is 7.60. The van der Waals surface area contributed by atoms with Crippen LogP contribution in [0, 0.1) is 17.3 Å². The first-order chi connectivity index (χ1) is 9.51. The Balaban J connectivity index is 1.84. The molecule has 116 valence electrons. The van der Waals surface area contributed by atoms with Gasteiger partial charge in [-0.05, 0) is 56.9 Å². The quantitative estimate of drug-likeness (QED) is 0.812. The van der Waals surface area contributed by atoms with E-state index in [1.54, 1.807) is 0 Å². The van der Waals surface area contributed by atoms with Crippen LogP contribution in [0.25, 0.3) is 0 Å². The molecule has 0 unspecified atom stereocenters. The number of rotatable bonds is 5. The Labute approximate surface area is 124 Å². The van der Waals surface area contributed by atoms with E-state index in [4.69, 9.17) is 0 Å². The molecule has 20 heavy (non-hydrogen) atoms. The van der Waals surface area contributed by atoms with Gasteiger partial charge in [0.2, 0.25) is 5.91 Å². The summed E-state index contributed by atoms with van der Waals surface area (Å²) in [5.74, 6) is 1.25. The Hall–Kier alpha value is -0.570. The van der Waals surface area contributed by atoms with Gasteiger partial charge in [-0.1, -0.05) is 26.7 Å². The van der Waals surface area contributed by atoms with Gasteiger partial charge in [-0.15, -0.1) is 0 Å². The summed E-state index contributed by atoms with van der Waals surface area (Å²) in [6, 6.07) is 0.482. The van der Waals surface area contributed by atoms with Crippen molar-refractivity contribution in [1.82, 2.24) is 10.6 Å². The summed E-state index contributed by atoms with van der Waals surface area (Å²) in [6.07, 6.45) is 8.52. The van der Waals surface area contributed by atoms with Crippen molar-refractivity contribution in [3.63, 3.8) is 0 Å². The Morgan fingerprint density at radius 1 is 1.35 bits per heavy atom. The van der Waals surface area contributed by atoms with Crippen LogP contribution < -0.4 is 10.6 Å². The van der Waals surface area contributed by atoms with Crippen LogP contribution in [-0.2, 0) is 4.79 Å². The highest BCUT2D eigenvalue weighted by atomic mass is 16.1. The number of carbonyl (C=O) groups excluding carboxylic acids is 1. The summed E-state index contributed by atoms with van der Waals surface area (Å²) in [5, 5.41) is 6.71. The summed E-state index contributed by atoms with van der Waals surface area (Å²) in [7, 11) is 0. The van der Waals surface area contributed by atoms with Gasteiger partial charge < -0.3 is 10.6 Å². The smallest absolute Gasteiger partial charge is 0.223 e. The van der Waals surface area contributed by atoms with E-state index >= 15 is 0 Å². The van der Waals surface area contributed by atoms with Gasteiger partial charge in [-0.3, -0.25) is 4.79 Å². The van der Waals surface area contributed by atoms with Crippen LogP contribution >= 0.6 is 0 Å². The van der Waals surface area contributed by atoms with Crippen LogP contribution in [0.5, 0.6) is 0 Å². The Morgan fingerprint density at radius 2 is 2.05 bits per heavy atom. The lowest BCUT2D eigenvalue weighted by molar-refractivity contribution is -0.126. The molecular formula is C17H32N2O. The van der Waals surface area contributed by atoms with Crippen LogP contribution in [0.3, 0.4) is 0 Å². The minimum atomic E-state index is 0.226. The van der Waals surface area contributed by atoms with Gasteiger partial charge in [0.05, 0.1) is 0 Å². The summed E-state index contributed by atoms with van der Waals surface area (Å²) >= 11 is 0. The molecule has 1 saturated carbocycles. The molecule has 0 aromatic heterocycles. The molecule has 1 amide bonds. The fourth-order valence-corrected chi connectivity index (χ4v) is 4.23. The molecule has 0 aromatic carbocycles. The third kappa shape index (κ3) is 4.21.